The second-order valence-electron chi connectivity index (χ2n) is 1.16. The molecule has 0 aliphatic heterocycles. The van der Waals surface area contributed by atoms with Gasteiger partial charge in [0.1, 0.15) is 8.62 Å². The van der Waals surface area contributed by atoms with E-state index in [4.69, 9.17) is 23.2 Å². The van der Waals surface area contributed by atoms with Crippen LogP contribution < -0.4 is 138 Å². The first-order valence-electron chi connectivity index (χ1n) is 2.73. The van der Waals surface area contributed by atoms with E-state index in [1.807, 2.05) is 0 Å². The van der Waals surface area contributed by atoms with Crippen LogP contribution in [0.2, 0.25) is 0 Å². The van der Waals surface area contributed by atoms with E-state index in [9.17, 15) is 37.8 Å². The zero-order valence-corrected chi connectivity index (χ0v) is 24.4. The zero-order valence-electron chi connectivity index (χ0n) is 11.3. The normalized spacial score (nSPS) is 9.81. The Bertz CT molecular complexity index is 232. The number of rotatable bonds is 4. The Labute approximate surface area is 222 Å². The third-order valence-electron chi connectivity index (χ3n) is 0.267. The minimum Gasteiger partial charge on any atom is -0.563 e. The second-order valence-corrected chi connectivity index (χ2v) is 5.06. The summed E-state index contributed by atoms with van der Waals surface area (Å²) in [6.45, 7) is 0. The monoisotopic (exact) mass is 460 g/mol. The van der Waals surface area contributed by atoms with E-state index in [0.29, 0.717) is 0 Å². The summed E-state index contributed by atoms with van der Waals surface area (Å²) < 4.78 is 43.3. The Morgan fingerprint density at radius 2 is 0.714 bits per heavy atom. The number of hydrogen-bond donors (Lipinski definition) is 0. The summed E-state index contributed by atoms with van der Waals surface area (Å²) in [5.41, 5.74) is 0. The standard InChI is InChI=1S/CH2Cl2.4Na.2O5P2/c2-1-3;;;;;2*1-6(2)5-7(3)4/h1H2;;;;;;/q;4*+1;;. The summed E-state index contributed by atoms with van der Waals surface area (Å²) >= 11 is 9.53. The predicted octanol–water partition coefficient (Wildman–Crippen LogP) is -12.5. The molecule has 0 rings (SSSR count). The third-order valence-corrected chi connectivity index (χ3v) is 2.40. The molecule has 0 amide bonds. The Morgan fingerprint density at radius 3 is 0.714 bits per heavy atom. The van der Waals surface area contributed by atoms with Crippen molar-refractivity contribution in [2.75, 3.05) is 5.34 Å². The average Bonchev–Trinajstić information content (AvgIpc) is 1.99. The first-order valence-corrected chi connectivity index (χ1v) is 8.18. The first kappa shape index (κ1) is 44.9. The van der Waals surface area contributed by atoms with Crippen molar-refractivity contribution < 1.29 is 165 Å². The molecule has 0 saturated carbocycles. The number of alkyl halides is 2. The van der Waals surface area contributed by atoms with Gasteiger partial charge in [-0.2, -0.15) is 0 Å². The molecule has 20 heteroatoms. The second kappa shape index (κ2) is 35.8. The Balaban J connectivity index is -0.0000000271. The molecular formula is CH2Cl2Na4O10P4+4. The van der Waals surface area contributed by atoms with E-state index in [1.165, 1.54) is 0 Å². The number of halogens is 2. The van der Waals surface area contributed by atoms with E-state index in [-0.39, 0.29) is 124 Å². The van der Waals surface area contributed by atoms with E-state index >= 15 is 0 Å². The largest absolute Gasteiger partial charge is 1.00 e. The SMILES string of the molecule is ClCCl.O=[P+]([O-])O[P+](=O)[O-].O=[P+]([O-])O[P+](=O)[O-].[Na+].[Na+].[Na+].[Na+]. The van der Waals surface area contributed by atoms with Crippen LogP contribution in [0.25, 0.3) is 0 Å². The summed E-state index contributed by atoms with van der Waals surface area (Å²) in [6, 6.07) is 0. The molecule has 0 N–H and O–H groups in total. The van der Waals surface area contributed by atoms with Gasteiger partial charge in [0.2, 0.25) is 0 Å². The van der Waals surface area contributed by atoms with Crippen LogP contribution in [0.5, 0.6) is 0 Å². The van der Waals surface area contributed by atoms with E-state index in [2.05, 4.69) is 8.62 Å². The fourth-order valence-corrected chi connectivity index (χ4v) is 0.980. The van der Waals surface area contributed by atoms with E-state index in [0.717, 1.165) is 0 Å². The molecule has 100 valence electrons. The molecule has 0 bridgehead atoms. The van der Waals surface area contributed by atoms with Gasteiger partial charge in [-0.25, -0.2) is 0 Å². The molecule has 0 fully saturated rings. The van der Waals surface area contributed by atoms with Gasteiger partial charge >= 0.3 is 151 Å². The van der Waals surface area contributed by atoms with Crippen molar-refractivity contribution >= 4 is 56.2 Å². The maximum Gasteiger partial charge on any atom is 1.00 e. The van der Waals surface area contributed by atoms with Crippen molar-refractivity contribution in [2.45, 2.75) is 0 Å². The molecule has 0 saturated heterocycles. The molecule has 0 heterocycles. The van der Waals surface area contributed by atoms with E-state index in [1.54, 1.807) is 0 Å². The molecule has 4 unspecified atom stereocenters. The van der Waals surface area contributed by atoms with Crippen LogP contribution in [-0.4, -0.2) is 5.34 Å². The summed E-state index contributed by atoms with van der Waals surface area (Å²) in [7, 11) is -12.9. The van der Waals surface area contributed by atoms with Crippen molar-refractivity contribution in [3.05, 3.63) is 0 Å². The van der Waals surface area contributed by atoms with Crippen molar-refractivity contribution in [1.82, 2.24) is 0 Å². The van der Waals surface area contributed by atoms with Gasteiger partial charge in [-0.3, -0.25) is 0 Å². The van der Waals surface area contributed by atoms with Crippen LogP contribution in [0, 0.1) is 0 Å². The molecule has 4 atom stereocenters. The fourth-order valence-electron chi connectivity index (χ4n) is 0.109. The van der Waals surface area contributed by atoms with Gasteiger partial charge in [-0.15, -0.1) is 23.2 Å². The Kier molecular flexibility index (Phi) is 76.4. The van der Waals surface area contributed by atoms with Gasteiger partial charge in [0.05, 0.1) is 5.34 Å². The summed E-state index contributed by atoms with van der Waals surface area (Å²) in [6.07, 6.45) is 0. The van der Waals surface area contributed by atoms with Gasteiger partial charge in [0.25, 0.3) is 0 Å². The quantitative estimate of drug-likeness (QED) is 0.222. The molecule has 0 aromatic heterocycles. The van der Waals surface area contributed by atoms with Gasteiger partial charge in [0, 0.05) is 0 Å². The smallest absolute Gasteiger partial charge is 0.563 e. The van der Waals surface area contributed by atoms with Crippen LogP contribution >= 0.6 is 56.2 Å². The van der Waals surface area contributed by atoms with Crippen LogP contribution in [0.15, 0.2) is 0 Å². The van der Waals surface area contributed by atoms with Gasteiger partial charge in [0.15, 0.2) is 0 Å². The minimum absolute atomic E-state index is 0. The van der Waals surface area contributed by atoms with Gasteiger partial charge < -0.3 is 19.6 Å². The molecule has 0 aliphatic rings. The Hall–Kier alpha value is 4.74. The predicted molar refractivity (Wildman–Crippen MR) is 49.2 cm³/mol. The minimum atomic E-state index is -3.24. The van der Waals surface area contributed by atoms with Gasteiger partial charge in [-0.05, 0) is 18.3 Å². The molecule has 0 spiro atoms. The molecule has 0 aromatic carbocycles. The average molecular weight is 461 g/mol. The zero-order chi connectivity index (χ0) is 14.4. The fraction of sp³-hybridized carbons (Fsp3) is 1.00. The third kappa shape index (κ3) is 78.8. The molecular weight excluding hydrogens is 459 g/mol. The van der Waals surface area contributed by atoms with Crippen LogP contribution in [0.1, 0.15) is 0 Å². The van der Waals surface area contributed by atoms with Crippen LogP contribution in [0.4, 0.5) is 0 Å². The summed E-state index contributed by atoms with van der Waals surface area (Å²) in [4.78, 5) is 37.0. The molecule has 0 radical (unpaired) electrons. The van der Waals surface area contributed by atoms with Crippen LogP contribution in [0.3, 0.4) is 0 Å². The maximum absolute atomic E-state index is 9.24. The van der Waals surface area contributed by atoms with Crippen molar-refractivity contribution in [3.8, 4) is 0 Å². The topological polar surface area (TPSA) is 179 Å². The molecule has 10 nitrogen and oxygen atoms in total. The summed E-state index contributed by atoms with van der Waals surface area (Å²) in [5, 5.41) is 0.194. The Morgan fingerprint density at radius 1 is 0.619 bits per heavy atom. The molecule has 0 aliphatic carbocycles. The van der Waals surface area contributed by atoms with Crippen molar-refractivity contribution in [3.63, 3.8) is 0 Å². The number of hydrogen-bond acceptors (Lipinski definition) is 10. The first-order chi connectivity index (χ1) is 7.67. The molecule has 0 aromatic rings. The maximum atomic E-state index is 9.24. The van der Waals surface area contributed by atoms with E-state index < -0.39 is 33.0 Å². The molecule has 21 heavy (non-hydrogen) atoms. The van der Waals surface area contributed by atoms with Crippen molar-refractivity contribution in [2.24, 2.45) is 0 Å². The van der Waals surface area contributed by atoms with Crippen LogP contribution in [-0.2, 0) is 26.9 Å². The summed E-state index contributed by atoms with van der Waals surface area (Å²) in [5.74, 6) is 0. The van der Waals surface area contributed by atoms with Crippen molar-refractivity contribution in [1.29, 1.82) is 0 Å². The van der Waals surface area contributed by atoms with Gasteiger partial charge in [-0.1, -0.05) is 0 Å².